The Hall–Kier alpha value is -9.72. The summed E-state index contributed by atoms with van der Waals surface area (Å²) >= 11 is 0. The van der Waals surface area contributed by atoms with Crippen molar-refractivity contribution in [3.8, 4) is 51.4 Å². The Morgan fingerprint density at radius 1 is 0.648 bits per heavy atom. The predicted molar refractivity (Wildman–Crippen MR) is 326 cm³/mol. The number of Topliss-reactive ketones (excluding diaryl/α,β-unsaturated/α-hetero) is 2. The van der Waals surface area contributed by atoms with Crippen molar-refractivity contribution in [2.75, 3.05) is 19.8 Å². The summed E-state index contributed by atoms with van der Waals surface area (Å²) in [5, 5.41) is 71.4. The molecule has 2 unspecified atom stereocenters. The summed E-state index contributed by atoms with van der Waals surface area (Å²) in [6, 6.07) is 45.4. The standard InChI is InChI=1S/C28H30O15.C22H16O4.C19H16O3/c1-12(31)39-18-6-15(7-19-21(18)16(33)8-17(41-19)13-2-4-14(32)5-3-13)40-26-23(35)22(34)24(20(9-29)42-26)43-27-25(36)28(37,10-30)11-38-27;23-19-14-20(15-7-3-1-4-8-15)26-21-13-17(11-12-18(19)21)25-22(24)16-9-5-2-6-10-16;1-11-4-6-14(7-5-11)17-10-16(21)19-12(2)8-15(13(3)20)9-18(19)22-17/h2-8,20,22-27,29-30,32,34-37H,9-11H2,1H3;1-13,20H,14H2;4-10H,1-3H3/t20-,22-,23-,24-,25+,26-,27?,28-;;/m1../s1. The molecule has 7 N–H and O–H groups in total. The molecule has 3 aliphatic rings. The van der Waals surface area contributed by atoms with Crippen LogP contribution in [0.2, 0.25) is 0 Å². The first-order valence-corrected chi connectivity index (χ1v) is 28.6. The maximum absolute atomic E-state index is 13.0. The number of rotatable bonds is 13. The number of ether oxygens (including phenoxy) is 7. The van der Waals surface area contributed by atoms with Gasteiger partial charge in [-0.05, 0) is 92.6 Å². The average molecular weight is 1240 g/mol. The highest BCUT2D eigenvalue weighted by Gasteiger charge is 2.53. The molecule has 5 heterocycles. The lowest BCUT2D eigenvalue weighted by molar-refractivity contribution is -0.313. The lowest BCUT2D eigenvalue weighted by atomic mass is 9.96. The molecule has 9 atom stereocenters. The fraction of sp³-hybridized carbons (Fsp3) is 0.246. The fourth-order valence-corrected chi connectivity index (χ4v) is 10.3. The third kappa shape index (κ3) is 14.5. The first-order chi connectivity index (χ1) is 43.6. The Balaban J connectivity index is 0.000000161. The van der Waals surface area contributed by atoms with Crippen LogP contribution in [-0.4, -0.2) is 128 Å². The molecule has 0 amide bonds. The zero-order chi connectivity index (χ0) is 64.8. The molecule has 0 saturated carbocycles. The number of hydrogen-bond acceptors (Lipinski definition) is 22. The molecule has 0 bridgehead atoms. The van der Waals surface area contributed by atoms with E-state index in [1.807, 2.05) is 74.5 Å². The molecule has 2 saturated heterocycles. The van der Waals surface area contributed by atoms with Crippen molar-refractivity contribution in [1.82, 2.24) is 0 Å². The Morgan fingerprint density at radius 2 is 1.27 bits per heavy atom. The van der Waals surface area contributed by atoms with Crippen LogP contribution in [0.25, 0.3) is 44.6 Å². The molecule has 2 fully saturated rings. The van der Waals surface area contributed by atoms with Crippen LogP contribution >= 0.6 is 0 Å². The van der Waals surface area contributed by atoms with Gasteiger partial charge in [0.15, 0.2) is 28.7 Å². The number of aromatic hydroxyl groups is 1. The molecule has 7 aromatic carbocycles. The molecule has 91 heavy (non-hydrogen) atoms. The molecule has 12 rings (SSSR count). The van der Waals surface area contributed by atoms with Gasteiger partial charge in [-0.1, -0.05) is 78.4 Å². The van der Waals surface area contributed by atoms with Crippen LogP contribution in [0.4, 0.5) is 0 Å². The molecule has 3 aliphatic heterocycles. The van der Waals surface area contributed by atoms with Gasteiger partial charge < -0.3 is 77.7 Å². The minimum absolute atomic E-state index is 0.000353. The molecular formula is C69H62O22. The van der Waals surface area contributed by atoms with Crippen molar-refractivity contribution in [1.29, 1.82) is 0 Å². The van der Waals surface area contributed by atoms with Gasteiger partial charge in [0.2, 0.25) is 6.29 Å². The van der Waals surface area contributed by atoms with Gasteiger partial charge in [0, 0.05) is 53.9 Å². The Kier molecular flexibility index (Phi) is 19.5. The summed E-state index contributed by atoms with van der Waals surface area (Å²) in [5.41, 5.74) is 3.38. The number of fused-ring (bicyclic) bond motifs is 3. The van der Waals surface area contributed by atoms with Crippen molar-refractivity contribution < 1.29 is 96.9 Å². The van der Waals surface area contributed by atoms with E-state index >= 15 is 0 Å². The van der Waals surface area contributed by atoms with Gasteiger partial charge in [0.25, 0.3) is 0 Å². The summed E-state index contributed by atoms with van der Waals surface area (Å²) < 4.78 is 50.5. The van der Waals surface area contributed by atoms with E-state index in [0.29, 0.717) is 56.9 Å². The second-order valence-corrected chi connectivity index (χ2v) is 21.8. The monoisotopic (exact) mass is 1240 g/mol. The Labute approximate surface area is 518 Å². The first-order valence-electron chi connectivity index (χ1n) is 28.6. The average Bonchev–Trinajstić information content (AvgIpc) is 1.09. The molecule has 0 aliphatic carbocycles. The highest BCUT2D eigenvalue weighted by molar-refractivity contribution is 6.01. The van der Waals surface area contributed by atoms with Crippen molar-refractivity contribution in [3.05, 3.63) is 218 Å². The van der Waals surface area contributed by atoms with E-state index in [0.717, 1.165) is 29.2 Å². The molecule has 0 spiro atoms. The van der Waals surface area contributed by atoms with Crippen LogP contribution in [0.3, 0.4) is 0 Å². The second kappa shape index (κ2) is 27.6. The van der Waals surface area contributed by atoms with Crippen molar-refractivity contribution in [2.45, 2.75) is 88.9 Å². The van der Waals surface area contributed by atoms with E-state index in [4.69, 9.17) is 42.0 Å². The fourth-order valence-electron chi connectivity index (χ4n) is 10.3. The topological polar surface area (TPSA) is 335 Å². The third-order valence-electron chi connectivity index (χ3n) is 15.2. The van der Waals surface area contributed by atoms with Crippen molar-refractivity contribution in [3.63, 3.8) is 0 Å². The van der Waals surface area contributed by atoms with Crippen LogP contribution in [-0.2, 0) is 19.0 Å². The number of phenols is 1. The first kappa shape index (κ1) is 64.3. The van der Waals surface area contributed by atoms with Gasteiger partial charge >= 0.3 is 11.9 Å². The summed E-state index contributed by atoms with van der Waals surface area (Å²) in [5.74, 6) is -0.162. The van der Waals surface area contributed by atoms with E-state index in [-0.39, 0.29) is 57.1 Å². The van der Waals surface area contributed by atoms with E-state index < -0.39 is 85.9 Å². The number of esters is 2. The zero-order valence-electron chi connectivity index (χ0n) is 49.3. The van der Waals surface area contributed by atoms with Gasteiger partial charge in [0.05, 0.1) is 42.8 Å². The van der Waals surface area contributed by atoms with E-state index in [1.54, 1.807) is 54.6 Å². The molecule has 0 radical (unpaired) electrons. The van der Waals surface area contributed by atoms with Crippen LogP contribution in [0.15, 0.2) is 182 Å². The largest absolute Gasteiger partial charge is 0.508 e. The summed E-state index contributed by atoms with van der Waals surface area (Å²) in [6.07, 6.45) is -11.3. The molecule has 22 nitrogen and oxygen atoms in total. The van der Waals surface area contributed by atoms with Crippen LogP contribution in [0, 0.1) is 13.8 Å². The minimum Gasteiger partial charge on any atom is -0.508 e. The molecule has 470 valence electrons. The number of benzene rings is 7. The van der Waals surface area contributed by atoms with Gasteiger partial charge in [-0.2, -0.15) is 0 Å². The van der Waals surface area contributed by atoms with E-state index in [9.17, 15) is 64.5 Å². The maximum Gasteiger partial charge on any atom is 0.343 e. The Bertz CT molecular complexity index is 4260. The number of carbonyl (C=O) groups is 4. The van der Waals surface area contributed by atoms with Gasteiger partial charge in [-0.15, -0.1) is 0 Å². The number of carbonyl (C=O) groups excluding carboxylic acids is 4. The summed E-state index contributed by atoms with van der Waals surface area (Å²) in [6.45, 7) is 4.38. The van der Waals surface area contributed by atoms with Crippen molar-refractivity contribution >= 4 is 45.4 Å². The number of ketones is 2. The van der Waals surface area contributed by atoms with Gasteiger partial charge in [-0.25, -0.2) is 4.79 Å². The number of phenolic OH excluding ortho intramolecular Hbond substituents is 1. The quantitative estimate of drug-likeness (QED) is 0.0331. The zero-order valence-corrected chi connectivity index (χ0v) is 49.3. The molecular weight excluding hydrogens is 1180 g/mol. The highest BCUT2D eigenvalue weighted by Crippen LogP contribution is 2.39. The maximum atomic E-state index is 13.0. The predicted octanol–water partition coefficient (Wildman–Crippen LogP) is 7.63. The number of aliphatic hydroxyl groups is 6. The number of aryl methyl sites for hydroxylation is 2. The minimum atomic E-state index is -2.02. The smallest absolute Gasteiger partial charge is 0.343 e. The van der Waals surface area contributed by atoms with Crippen LogP contribution in [0.1, 0.15) is 74.1 Å². The molecule has 22 heteroatoms. The molecule has 9 aromatic rings. The van der Waals surface area contributed by atoms with Gasteiger partial charge in [-0.3, -0.25) is 24.0 Å². The summed E-state index contributed by atoms with van der Waals surface area (Å²) in [4.78, 5) is 73.5. The SMILES string of the molecule is CC(=O)Oc1cc(O[C@@H]2O[C@H](CO)[C@@H](OC3OC[C@](O)(CO)[C@H]3O)[C@H](O)[C@H]2O)cc2oc(-c3ccc(O)cc3)cc(=O)c12.CC(=O)c1cc(C)c2c(=O)cc(-c3ccc(C)cc3)oc2c1.O=C(Oc1ccc2c(c1)OC(c1ccccc1)CC2=O)c1ccccc1. The lowest BCUT2D eigenvalue weighted by Gasteiger charge is -2.42. The van der Waals surface area contributed by atoms with E-state index in [2.05, 4.69) is 0 Å². The number of aliphatic hydroxyl groups excluding tert-OH is 5. The van der Waals surface area contributed by atoms with Gasteiger partial charge in [0.1, 0.15) is 99.0 Å². The van der Waals surface area contributed by atoms with Crippen LogP contribution < -0.4 is 29.8 Å². The van der Waals surface area contributed by atoms with Crippen molar-refractivity contribution in [2.24, 2.45) is 0 Å². The molecule has 2 aromatic heterocycles. The van der Waals surface area contributed by atoms with E-state index in [1.165, 1.54) is 55.5 Å². The summed E-state index contributed by atoms with van der Waals surface area (Å²) in [7, 11) is 0. The lowest BCUT2D eigenvalue weighted by Crippen LogP contribution is -2.62. The van der Waals surface area contributed by atoms with Crippen LogP contribution in [0.5, 0.6) is 28.7 Å². The normalized spacial score (nSPS) is 21.7. The third-order valence-corrected chi connectivity index (χ3v) is 15.2. The highest BCUT2D eigenvalue weighted by atomic mass is 16.7. The second-order valence-electron chi connectivity index (χ2n) is 21.8. The number of hydrogen-bond donors (Lipinski definition) is 7. The Morgan fingerprint density at radius 3 is 1.89 bits per heavy atom.